The number of fused-ring (bicyclic) bond motifs is 2. The third-order valence-electron chi connectivity index (χ3n) is 4.77. The number of H-pyrrole nitrogens is 1. The first-order valence-corrected chi connectivity index (χ1v) is 8.41. The summed E-state index contributed by atoms with van der Waals surface area (Å²) < 4.78 is 14.5. The highest BCUT2D eigenvalue weighted by Crippen LogP contribution is 2.26. The number of nitrogens with zero attached hydrogens (tertiary/aromatic N) is 4. The fourth-order valence-electron chi connectivity index (χ4n) is 3.45. The van der Waals surface area contributed by atoms with E-state index in [1.165, 1.54) is 6.07 Å². The van der Waals surface area contributed by atoms with Gasteiger partial charge >= 0.3 is 0 Å². The summed E-state index contributed by atoms with van der Waals surface area (Å²) in [5, 5.41) is 9.96. The molecule has 0 bridgehead atoms. The van der Waals surface area contributed by atoms with Crippen LogP contribution in [0, 0.1) is 5.82 Å². The molecule has 3 aromatic rings. The molecule has 2 aromatic heterocycles. The van der Waals surface area contributed by atoms with Crippen molar-refractivity contribution in [3.63, 3.8) is 0 Å². The minimum atomic E-state index is -0.376. The number of aromatic amines is 1. The summed E-state index contributed by atoms with van der Waals surface area (Å²) >= 11 is 0. The normalized spacial score (nSPS) is 19.4. The van der Waals surface area contributed by atoms with Gasteiger partial charge in [-0.25, -0.2) is 14.4 Å². The summed E-state index contributed by atoms with van der Waals surface area (Å²) in [5.41, 5.74) is 2.48. The second kappa shape index (κ2) is 5.62. The van der Waals surface area contributed by atoms with Gasteiger partial charge in [-0.05, 0) is 24.3 Å². The van der Waals surface area contributed by atoms with Gasteiger partial charge in [0.15, 0.2) is 5.82 Å². The maximum absolute atomic E-state index is 14.5. The van der Waals surface area contributed by atoms with Crippen LogP contribution in [0.4, 0.5) is 4.39 Å². The highest BCUT2D eigenvalue weighted by molar-refractivity contribution is 6.04. The molecule has 130 valence electrons. The lowest BCUT2D eigenvalue weighted by Crippen LogP contribution is -2.51. The van der Waals surface area contributed by atoms with E-state index in [9.17, 15) is 9.18 Å². The van der Waals surface area contributed by atoms with Crippen LogP contribution in [0.1, 0.15) is 12.1 Å². The zero-order valence-corrected chi connectivity index (χ0v) is 13.7. The topological polar surface area (TPSA) is 86.3 Å². The monoisotopic (exact) mass is 350 g/mol. The van der Waals surface area contributed by atoms with Crippen LogP contribution in [0.15, 0.2) is 41.8 Å². The van der Waals surface area contributed by atoms with Crippen molar-refractivity contribution in [2.45, 2.75) is 12.5 Å². The van der Waals surface area contributed by atoms with Crippen molar-refractivity contribution in [3.05, 3.63) is 48.2 Å². The van der Waals surface area contributed by atoms with E-state index in [-0.39, 0.29) is 17.8 Å². The molecule has 1 aromatic carbocycles. The molecule has 1 fully saturated rings. The number of nitrogens with one attached hydrogen (secondary N) is 2. The SMILES string of the molecule is O=C1NCCN2N=C(c3ccnc(-c4cc5[nH]ccc5cc4F)n3)CC12. The summed E-state index contributed by atoms with van der Waals surface area (Å²) in [4.78, 5) is 23.8. The van der Waals surface area contributed by atoms with E-state index < -0.39 is 0 Å². The molecule has 2 N–H and O–H groups in total. The number of piperazine rings is 1. The molecule has 0 saturated carbocycles. The second-order valence-corrected chi connectivity index (χ2v) is 6.38. The van der Waals surface area contributed by atoms with E-state index >= 15 is 0 Å². The molecule has 2 aliphatic rings. The van der Waals surface area contributed by atoms with Gasteiger partial charge in [-0.15, -0.1) is 0 Å². The Labute approximate surface area is 147 Å². The molecule has 0 aliphatic carbocycles. The molecule has 0 spiro atoms. The number of carbonyl (C=O) groups excluding carboxylic acids is 1. The van der Waals surface area contributed by atoms with Crippen molar-refractivity contribution in [2.24, 2.45) is 5.10 Å². The third-order valence-corrected chi connectivity index (χ3v) is 4.77. The van der Waals surface area contributed by atoms with Crippen molar-refractivity contribution in [3.8, 4) is 11.4 Å². The Bertz CT molecular complexity index is 1060. The minimum absolute atomic E-state index is 0.0208. The summed E-state index contributed by atoms with van der Waals surface area (Å²) in [6.07, 6.45) is 3.84. The van der Waals surface area contributed by atoms with E-state index in [2.05, 4.69) is 25.4 Å². The van der Waals surface area contributed by atoms with Crippen LogP contribution in [0.5, 0.6) is 0 Å². The Morgan fingerprint density at radius 1 is 1.27 bits per heavy atom. The standard InChI is InChI=1S/C18H15FN6O/c19-12-7-10-1-3-20-14(10)8-11(12)17-21-4-2-13(23-17)15-9-16-18(26)22-5-6-25(16)24-15/h1-4,7-8,16,20H,5-6,9H2,(H,22,26). The largest absolute Gasteiger partial charge is 0.361 e. The number of aromatic nitrogens is 3. The van der Waals surface area contributed by atoms with E-state index in [4.69, 9.17) is 0 Å². The maximum Gasteiger partial charge on any atom is 0.244 e. The molecule has 2 aliphatic heterocycles. The summed E-state index contributed by atoms with van der Waals surface area (Å²) in [5.74, 6) is -0.0968. The third kappa shape index (κ3) is 2.33. The van der Waals surface area contributed by atoms with Crippen molar-refractivity contribution in [2.75, 3.05) is 13.1 Å². The molecular weight excluding hydrogens is 335 g/mol. The number of halogens is 1. The van der Waals surface area contributed by atoms with E-state index in [1.807, 2.05) is 6.07 Å². The van der Waals surface area contributed by atoms with Crippen LogP contribution in [-0.2, 0) is 4.79 Å². The van der Waals surface area contributed by atoms with Crippen LogP contribution in [0.3, 0.4) is 0 Å². The Hall–Kier alpha value is -3.29. The number of amides is 1. The molecular formula is C18H15FN6O. The predicted octanol–water partition coefficient (Wildman–Crippen LogP) is 1.67. The zero-order chi connectivity index (χ0) is 17.7. The van der Waals surface area contributed by atoms with Crippen molar-refractivity contribution < 1.29 is 9.18 Å². The van der Waals surface area contributed by atoms with Gasteiger partial charge in [-0.2, -0.15) is 5.10 Å². The Morgan fingerprint density at radius 2 is 2.19 bits per heavy atom. The molecule has 0 radical (unpaired) electrons. The molecule has 26 heavy (non-hydrogen) atoms. The van der Waals surface area contributed by atoms with E-state index in [0.717, 1.165) is 16.6 Å². The number of rotatable bonds is 2. The van der Waals surface area contributed by atoms with Crippen LogP contribution in [0.2, 0.25) is 0 Å². The van der Waals surface area contributed by atoms with Crippen LogP contribution < -0.4 is 5.32 Å². The molecule has 1 unspecified atom stereocenters. The first-order valence-electron chi connectivity index (χ1n) is 8.41. The lowest BCUT2D eigenvalue weighted by molar-refractivity contribution is -0.128. The second-order valence-electron chi connectivity index (χ2n) is 6.38. The average molecular weight is 350 g/mol. The smallest absolute Gasteiger partial charge is 0.244 e. The van der Waals surface area contributed by atoms with E-state index in [0.29, 0.717) is 36.6 Å². The lowest BCUT2D eigenvalue weighted by Gasteiger charge is -2.27. The summed E-state index contributed by atoms with van der Waals surface area (Å²) in [6, 6.07) is 6.44. The van der Waals surface area contributed by atoms with Gasteiger partial charge < -0.3 is 10.3 Å². The molecule has 5 rings (SSSR count). The first-order chi connectivity index (χ1) is 12.7. The van der Waals surface area contributed by atoms with Gasteiger partial charge in [0.05, 0.1) is 23.5 Å². The van der Waals surface area contributed by atoms with Gasteiger partial charge in [0, 0.05) is 36.3 Å². The fraction of sp³-hybridized carbons (Fsp3) is 0.222. The Balaban J connectivity index is 1.53. The quantitative estimate of drug-likeness (QED) is 0.736. The fourth-order valence-corrected chi connectivity index (χ4v) is 3.45. The van der Waals surface area contributed by atoms with Crippen LogP contribution in [-0.4, -0.2) is 50.7 Å². The molecule has 1 atom stereocenters. The highest BCUT2D eigenvalue weighted by atomic mass is 19.1. The minimum Gasteiger partial charge on any atom is -0.361 e. The van der Waals surface area contributed by atoms with Crippen LogP contribution in [0.25, 0.3) is 22.3 Å². The molecule has 7 nitrogen and oxygen atoms in total. The molecule has 1 amide bonds. The van der Waals surface area contributed by atoms with E-state index in [1.54, 1.807) is 29.5 Å². The Kier molecular flexibility index (Phi) is 3.24. The summed E-state index contributed by atoms with van der Waals surface area (Å²) in [7, 11) is 0. The maximum atomic E-state index is 14.5. The number of hydrogen-bond donors (Lipinski definition) is 2. The van der Waals surface area contributed by atoms with Crippen molar-refractivity contribution in [1.29, 1.82) is 0 Å². The summed E-state index contributed by atoms with van der Waals surface area (Å²) in [6.45, 7) is 1.26. The highest BCUT2D eigenvalue weighted by Gasteiger charge is 2.35. The number of benzene rings is 1. The lowest BCUT2D eigenvalue weighted by atomic mass is 10.1. The van der Waals surface area contributed by atoms with Crippen molar-refractivity contribution >= 4 is 22.5 Å². The zero-order valence-electron chi connectivity index (χ0n) is 13.7. The predicted molar refractivity (Wildman–Crippen MR) is 93.9 cm³/mol. The Morgan fingerprint density at radius 3 is 3.08 bits per heavy atom. The molecule has 4 heterocycles. The van der Waals surface area contributed by atoms with Gasteiger partial charge in [-0.1, -0.05) is 0 Å². The van der Waals surface area contributed by atoms with Gasteiger partial charge in [0.25, 0.3) is 0 Å². The van der Waals surface area contributed by atoms with Gasteiger partial charge in [-0.3, -0.25) is 9.80 Å². The van der Waals surface area contributed by atoms with Crippen LogP contribution >= 0.6 is 0 Å². The van der Waals surface area contributed by atoms with Gasteiger partial charge in [0.1, 0.15) is 11.9 Å². The number of hydrazone groups is 1. The number of hydrogen-bond acceptors (Lipinski definition) is 5. The molecule has 8 heteroatoms. The number of carbonyl (C=O) groups is 1. The van der Waals surface area contributed by atoms with Crippen molar-refractivity contribution in [1.82, 2.24) is 25.3 Å². The first kappa shape index (κ1) is 15.0. The average Bonchev–Trinajstić information content (AvgIpc) is 3.28. The molecule has 1 saturated heterocycles. The van der Waals surface area contributed by atoms with Gasteiger partial charge in [0.2, 0.25) is 5.91 Å².